The first kappa shape index (κ1) is 16.4. The van der Waals surface area contributed by atoms with Gasteiger partial charge in [-0.05, 0) is 56.2 Å². The molecule has 1 aromatic rings. The molecule has 2 rings (SSSR count). The number of hydrogen-bond acceptors (Lipinski definition) is 2. The summed E-state index contributed by atoms with van der Waals surface area (Å²) in [5.41, 5.74) is 3.38. The van der Waals surface area contributed by atoms with E-state index in [-0.39, 0.29) is 0 Å². The SMILES string of the molecule is CCCNC(C)c1ccccc1N1CCCC(C)(C)CC1. The number of anilines is 1. The van der Waals surface area contributed by atoms with Gasteiger partial charge in [-0.2, -0.15) is 0 Å². The van der Waals surface area contributed by atoms with Gasteiger partial charge >= 0.3 is 0 Å². The van der Waals surface area contributed by atoms with Crippen molar-refractivity contribution < 1.29 is 0 Å². The van der Waals surface area contributed by atoms with Crippen molar-refractivity contribution in [3.05, 3.63) is 29.8 Å². The minimum Gasteiger partial charge on any atom is -0.371 e. The van der Waals surface area contributed by atoms with Gasteiger partial charge in [0.25, 0.3) is 0 Å². The van der Waals surface area contributed by atoms with Crippen molar-refractivity contribution in [3.8, 4) is 0 Å². The summed E-state index contributed by atoms with van der Waals surface area (Å²) in [7, 11) is 0. The van der Waals surface area contributed by atoms with Gasteiger partial charge in [0.05, 0.1) is 0 Å². The lowest BCUT2D eigenvalue weighted by Crippen LogP contribution is -2.28. The molecule has 0 aromatic heterocycles. The number of rotatable bonds is 5. The summed E-state index contributed by atoms with van der Waals surface area (Å²) in [6, 6.07) is 9.38. The van der Waals surface area contributed by atoms with E-state index in [0.29, 0.717) is 11.5 Å². The normalized spacial score (nSPS) is 20.1. The van der Waals surface area contributed by atoms with Gasteiger partial charge in [0, 0.05) is 24.8 Å². The van der Waals surface area contributed by atoms with Crippen molar-refractivity contribution in [2.45, 2.75) is 59.4 Å². The lowest BCUT2D eigenvalue weighted by molar-refractivity contribution is 0.325. The van der Waals surface area contributed by atoms with Gasteiger partial charge in [0.1, 0.15) is 0 Å². The minimum atomic E-state index is 0.428. The quantitative estimate of drug-likeness (QED) is 0.840. The van der Waals surface area contributed by atoms with Crippen LogP contribution >= 0.6 is 0 Å². The predicted molar refractivity (Wildman–Crippen MR) is 93.0 cm³/mol. The Labute approximate surface area is 130 Å². The summed E-state index contributed by atoms with van der Waals surface area (Å²) < 4.78 is 0. The van der Waals surface area contributed by atoms with Crippen LogP contribution in [0.2, 0.25) is 0 Å². The molecule has 1 fully saturated rings. The van der Waals surface area contributed by atoms with Crippen molar-refractivity contribution >= 4 is 5.69 Å². The molecule has 0 radical (unpaired) electrons. The first-order valence-electron chi connectivity index (χ1n) is 8.61. The van der Waals surface area contributed by atoms with E-state index in [1.807, 2.05) is 0 Å². The van der Waals surface area contributed by atoms with E-state index >= 15 is 0 Å². The highest BCUT2D eigenvalue weighted by Crippen LogP contribution is 2.34. The van der Waals surface area contributed by atoms with E-state index in [1.54, 1.807) is 0 Å². The maximum atomic E-state index is 3.63. The van der Waals surface area contributed by atoms with E-state index in [9.17, 15) is 0 Å². The highest BCUT2D eigenvalue weighted by molar-refractivity contribution is 5.55. The number of benzene rings is 1. The van der Waals surface area contributed by atoms with Crippen LogP contribution in [-0.4, -0.2) is 19.6 Å². The molecule has 0 saturated carbocycles. The zero-order chi connectivity index (χ0) is 15.3. The molecule has 0 amide bonds. The Morgan fingerprint density at radius 2 is 1.95 bits per heavy atom. The third-order valence-electron chi connectivity index (χ3n) is 4.78. The van der Waals surface area contributed by atoms with Crippen LogP contribution in [0.25, 0.3) is 0 Å². The summed E-state index contributed by atoms with van der Waals surface area (Å²) in [6.45, 7) is 12.8. The standard InChI is InChI=1S/C19H32N2/c1-5-13-20-16(2)17-9-6-7-10-18(17)21-14-8-11-19(3,4)12-15-21/h6-7,9-10,16,20H,5,8,11-15H2,1-4H3. The van der Waals surface area contributed by atoms with Gasteiger partial charge in [0.2, 0.25) is 0 Å². The van der Waals surface area contributed by atoms with E-state index < -0.39 is 0 Å². The van der Waals surface area contributed by atoms with Crippen LogP contribution < -0.4 is 10.2 Å². The van der Waals surface area contributed by atoms with Crippen LogP contribution in [0.15, 0.2) is 24.3 Å². The van der Waals surface area contributed by atoms with Gasteiger partial charge in [-0.25, -0.2) is 0 Å². The molecule has 1 aromatic carbocycles. The smallest absolute Gasteiger partial charge is 0.0414 e. The molecular formula is C19H32N2. The lowest BCUT2D eigenvalue weighted by atomic mass is 9.85. The maximum Gasteiger partial charge on any atom is 0.0414 e. The summed E-state index contributed by atoms with van der Waals surface area (Å²) in [4.78, 5) is 2.61. The van der Waals surface area contributed by atoms with Crippen LogP contribution in [0.5, 0.6) is 0 Å². The molecule has 2 heteroatoms. The molecule has 2 nitrogen and oxygen atoms in total. The fourth-order valence-electron chi connectivity index (χ4n) is 3.28. The van der Waals surface area contributed by atoms with Crippen LogP contribution in [0.3, 0.4) is 0 Å². The second-order valence-corrected chi connectivity index (χ2v) is 7.24. The van der Waals surface area contributed by atoms with Gasteiger partial charge in [0.15, 0.2) is 0 Å². The third-order valence-corrected chi connectivity index (χ3v) is 4.78. The van der Waals surface area contributed by atoms with Crippen LogP contribution in [-0.2, 0) is 0 Å². The average molecular weight is 288 g/mol. The number of nitrogens with zero attached hydrogens (tertiary/aromatic N) is 1. The molecule has 1 atom stereocenters. The Morgan fingerprint density at radius 3 is 2.71 bits per heavy atom. The van der Waals surface area contributed by atoms with Gasteiger partial charge in [-0.15, -0.1) is 0 Å². The fourth-order valence-corrected chi connectivity index (χ4v) is 3.28. The topological polar surface area (TPSA) is 15.3 Å². The average Bonchev–Trinajstić information content (AvgIpc) is 2.65. The zero-order valence-corrected chi connectivity index (χ0v) is 14.3. The molecule has 0 bridgehead atoms. The molecule has 1 saturated heterocycles. The van der Waals surface area contributed by atoms with Crippen LogP contribution in [0.4, 0.5) is 5.69 Å². The molecule has 1 aliphatic rings. The van der Waals surface area contributed by atoms with Crippen LogP contribution in [0, 0.1) is 5.41 Å². The molecule has 0 spiro atoms. The second-order valence-electron chi connectivity index (χ2n) is 7.24. The van der Waals surface area contributed by atoms with E-state index in [2.05, 4.69) is 62.2 Å². The Balaban J connectivity index is 2.15. The molecule has 1 aliphatic heterocycles. The molecular weight excluding hydrogens is 256 g/mol. The van der Waals surface area contributed by atoms with Crippen molar-refractivity contribution in [1.29, 1.82) is 0 Å². The van der Waals surface area contributed by atoms with Gasteiger partial charge in [-0.3, -0.25) is 0 Å². The van der Waals surface area contributed by atoms with Gasteiger partial charge < -0.3 is 10.2 Å². The molecule has 1 heterocycles. The Bertz CT molecular complexity index is 439. The third kappa shape index (κ3) is 4.47. The van der Waals surface area contributed by atoms with Crippen molar-refractivity contribution in [1.82, 2.24) is 5.32 Å². The summed E-state index contributed by atoms with van der Waals surface area (Å²) >= 11 is 0. The molecule has 21 heavy (non-hydrogen) atoms. The first-order chi connectivity index (χ1) is 10.0. The Hall–Kier alpha value is -1.02. The molecule has 118 valence electrons. The Morgan fingerprint density at radius 1 is 1.19 bits per heavy atom. The minimum absolute atomic E-state index is 0.428. The van der Waals surface area contributed by atoms with E-state index in [4.69, 9.17) is 0 Å². The van der Waals surface area contributed by atoms with Crippen molar-refractivity contribution in [3.63, 3.8) is 0 Å². The lowest BCUT2D eigenvalue weighted by Gasteiger charge is -2.29. The number of nitrogens with one attached hydrogen (secondary N) is 1. The molecule has 0 aliphatic carbocycles. The number of hydrogen-bond donors (Lipinski definition) is 1. The summed E-state index contributed by atoms with van der Waals surface area (Å²) in [6.07, 6.45) is 5.12. The number of para-hydroxylation sites is 1. The highest BCUT2D eigenvalue weighted by atomic mass is 15.1. The predicted octanol–water partition coefficient (Wildman–Crippen LogP) is 4.76. The van der Waals surface area contributed by atoms with Crippen molar-refractivity contribution in [2.75, 3.05) is 24.5 Å². The first-order valence-corrected chi connectivity index (χ1v) is 8.61. The Kier molecular flexibility index (Phi) is 5.69. The summed E-state index contributed by atoms with van der Waals surface area (Å²) in [5.74, 6) is 0. The second kappa shape index (κ2) is 7.31. The summed E-state index contributed by atoms with van der Waals surface area (Å²) in [5, 5.41) is 3.63. The van der Waals surface area contributed by atoms with Crippen LogP contribution in [0.1, 0.15) is 65.0 Å². The highest BCUT2D eigenvalue weighted by Gasteiger charge is 2.24. The largest absolute Gasteiger partial charge is 0.371 e. The zero-order valence-electron chi connectivity index (χ0n) is 14.3. The van der Waals surface area contributed by atoms with Gasteiger partial charge in [-0.1, -0.05) is 39.0 Å². The fraction of sp³-hybridized carbons (Fsp3) is 0.684. The molecule has 1 unspecified atom stereocenters. The monoisotopic (exact) mass is 288 g/mol. The van der Waals surface area contributed by atoms with Crippen molar-refractivity contribution in [2.24, 2.45) is 5.41 Å². The van der Waals surface area contributed by atoms with E-state index in [1.165, 1.54) is 50.0 Å². The maximum absolute atomic E-state index is 3.63. The van der Waals surface area contributed by atoms with E-state index in [0.717, 1.165) is 6.54 Å². The molecule has 1 N–H and O–H groups in total.